The molecule has 0 aliphatic rings. The van der Waals surface area contributed by atoms with E-state index in [1.165, 1.54) is 0 Å². The van der Waals surface area contributed by atoms with Gasteiger partial charge in [0.1, 0.15) is 11.3 Å². The van der Waals surface area contributed by atoms with Crippen molar-refractivity contribution in [1.29, 1.82) is 0 Å². The summed E-state index contributed by atoms with van der Waals surface area (Å²) in [6.45, 7) is -0.564. The van der Waals surface area contributed by atoms with Crippen LogP contribution in [0, 0.1) is 0 Å². The third kappa shape index (κ3) is 2.67. The van der Waals surface area contributed by atoms with Crippen LogP contribution in [-0.2, 0) is 7.05 Å². The van der Waals surface area contributed by atoms with E-state index in [9.17, 15) is 4.39 Å². The summed E-state index contributed by atoms with van der Waals surface area (Å²) in [5.41, 5.74) is 0.745. The molecule has 0 aliphatic carbocycles. The second-order valence-corrected chi connectivity index (χ2v) is 3.41. The second-order valence-electron chi connectivity index (χ2n) is 2.66. The lowest BCUT2D eigenvalue weighted by molar-refractivity contribution is 0.151. The second kappa shape index (κ2) is 4.57. The Morgan fingerprint density at radius 1 is 1.85 bits per heavy atom. The number of aliphatic hydroxyl groups is 1. The third-order valence-electron chi connectivity index (χ3n) is 1.57. The molecular formula is C7H11BrFN3O. The molecule has 1 unspecified atom stereocenters. The first-order valence-electron chi connectivity index (χ1n) is 3.80. The molecule has 0 saturated carbocycles. The molecule has 0 bridgehead atoms. The van der Waals surface area contributed by atoms with Crippen molar-refractivity contribution < 1.29 is 9.50 Å². The van der Waals surface area contributed by atoms with Crippen LogP contribution >= 0.6 is 15.9 Å². The Kier molecular flexibility index (Phi) is 3.68. The highest BCUT2D eigenvalue weighted by atomic mass is 79.9. The lowest BCUT2D eigenvalue weighted by Gasteiger charge is -2.07. The van der Waals surface area contributed by atoms with Crippen molar-refractivity contribution in [2.75, 3.05) is 18.5 Å². The molecule has 1 rings (SSSR count). The van der Waals surface area contributed by atoms with Crippen LogP contribution in [0.25, 0.3) is 0 Å². The van der Waals surface area contributed by atoms with Crippen molar-refractivity contribution in [3.63, 3.8) is 0 Å². The minimum Gasteiger partial charge on any atom is -0.389 e. The number of aromatic nitrogens is 2. The van der Waals surface area contributed by atoms with Crippen LogP contribution in [0.4, 0.5) is 10.1 Å². The summed E-state index contributed by atoms with van der Waals surface area (Å²) < 4.78 is 14.3. The van der Waals surface area contributed by atoms with E-state index in [2.05, 4.69) is 26.3 Å². The topological polar surface area (TPSA) is 50.1 Å². The fourth-order valence-electron chi connectivity index (χ4n) is 0.824. The number of hydrogen-bond acceptors (Lipinski definition) is 3. The maximum absolute atomic E-state index is 11.9. The summed E-state index contributed by atoms with van der Waals surface area (Å²) in [6, 6.07) is 0. The highest BCUT2D eigenvalue weighted by Crippen LogP contribution is 2.20. The SMILES string of the molecule is Cn1ncc(NCC(O)CF)c1Br. The Bertz CT molecular complexity index is 279. The molecule has 0 aromatic carbocycles. The zero-order chi connectivity index (χ0) is 9.84. The molecule has 0 aliphatic heterocycles. The predicted molar refractivity (Wildman–Crippen MR) is 51.4 cm³/mol. The number of nitrogens with zero attached hydrogens (tertiary/aromatic N) is 2. The smallest absolute Gasteiger partial charge is 0.126 e. The van der Waals surface area contributed by atoms with Gasteiger partial charge in [-0.05, 0) is 15.9 Å². The molecule has 4 nitrogen and oxygen atoms in total. The molecule has 74 valence electrons. The maximum Gasteiger partial charge on any atom is 0.126 e. The molecule has 1 aromatic rings. The molecule has 0 amide bonds. The Morgan fingerprint density at radius 2 is 2.54 bits per heavy atom. The van der Waals surface area contributed by atoms with Crippen LogP contribution in [0.15, 0.2) is 10.8 Å². The number of aryl methyl sites for hydroxylation is 1. The van der Waals surface area contributed by atoms with Crippen LogP contribution < -0.4 is 5.32 Å². The van der Waals surface area contributed by atoms with Crippen molar-refractivity contribution >= 4 is 21.6 Å². The summed E-state index contributed by atoms with van der Waals surface area (Å²) in [5, 5.41) is 15.8. The van der Waals surface area contributed by atoms with Gasteiger partial charge in [-0.1, -0.05) is 0 Å². The van der Waals surface area contributed by atoms with Gasteiger partial charge in [0.2, 0.25) is 0 Å². The van der Waals surface area contributed by atoms with E-state index in [-0.39, 0.29) is 6.54 Å². The molecule has 0 spiro atoms. The summed E-state index contributed by atoms with van der Waals surface area (Å²) in [7, 11) is 1.78. The molecule has 1 heterocycles. The quantitative estimate of drug-likeness (QED) is 0.837. The fourth-order valence-corrected chi connectivity index (χ4v) is 1.16. The van der Waals surface area contributed by atoms with E-state index in [1.807, 2.05) is 0 Å². The predicted octanol–water partition coefficient (Wildman–Crippen LogP) is 0.925. The van der Waals surface area contributed by atoms with Crippen LogP contribution in [0.1, 0.15) is 0 Å². The summed E-state index contributed by atoms with van der Waals surface area (Å²) >= 11 is 3.28. The van der Waals surface area contributed by atoms with Crippen LogP contribution in [0.3, 0.4) is 0 Å². The van der Waals surface area contributed by atoms with E-state index in [1.54, 1.807) is 17.9 Å². The van der Waals surface area contributed by atoms with Gasteiger partial charge in [0.05, 0.1) is 18.0 Å². The monoisotopic (exact) mass is 251 g/mol. The average Bonchev–Trinajstić information content (AvgIpc) is 2.44. The van der Waals surface area contributed by atoms with Crippen molar-refractivity contribution in [1.82, 2.24) is 9.78 Å². The van der Waals surface area contributed by atoms with Gasteiger partial charge < -0.3 is 10.4 Å². The number of halogens is 2. The molecule has 0 radical (unpaired) electrons. The van der Waals surface area contributed by atoms with Gasteiger partial charge in [0.25, 0.3) is 0 Å². The largest absolute Gasteiger partial charge is 0.389 e. The molecule has 0 saturated heterocycles. The summed E-state index contributed by atoms with van der Waals surface area (Å²) in [4.78, 5) is 0. The van der Waals surface area contributed by atoms with Gasteiger partial charge in [-0.2, -0.15) is 5.10 Å². The van der Waals surface area contributed by atoms with E-state index in [0.717, 1.165) is 10.3 Å². The highest BCUT2D eigenvalue weighted by Gasteiger charge is 2.07. The normalized spacial score (nSPS) is 12.9. The van der Waals surface area contributed by atoms with Crippen molar-refractivity contribution in [2.24, 2.45) is 7.05 Å². The van der Waals surface area contributed by atoms with Crippen LogP contribution in [0.5, 0.6) is 0 Å². The summed E-state index contributed by atoms with van der Waals surface area (Å²) in [6.07, 6.45) is 0.641. The first-order chi connectivity index (χ1) is 6.15. The van der Waals surface area contributed by atoms with Crippen molar-refractivity contribution in [3.8, 4) is 0 Å². The van der Waals surface area contributed by atoms with Crippen molar-refractivity contribution in [2.45, 2.75) is 6.10 Å². The van der Waals surface area contributed by atoms with Gasteiger partial charge in [0, 0.05) is 13.6 Å². The molecule has 1 aromatic heterocycles. The lowest BCUT2D eigenvalue weighted by Crippen LogP contribution is -2.21. The van der Waals surface area contributed by atoms with Crippen LogP contribution in [-0.4, -0.2) is 34.2 Å². The highest BCUT2D eigenvalue weighted by molar-refractivity contribution is 9.10. The van der Waals surface area contributed by atoms with Gasteiger partial charge in [-0.25, -0.2) is 4.39 Å². The van der Waals surface area contributed by atoms with Gasteiger partial charge in [-0.15, -0.1) is 0 Å². The first-order valence-corrected chi connectivity index (χ1v) is 4.60. The van der Waals surface area contributed by atoms with Gasteiger partial charge in [0.15, 0.2) is 0 Å². The molecule has 1 atom stereocenters. The number of nitrogens with one attached hydrogen (secondary N) is 1. The number of anilines is 1. The minimum atomic E-state index is -0.966. The minimum absolute atomic E-state index is 0.181. The Morgan fingerprint density at radius 3 is 3.00 bits per heavy atom. The molecule has 13 heavy (non-hydrogen) atoms. The average molecular weight is 252 g/mol. The van der Waals surface area contributed by atoms with Crippen molar-refractivity contribution in [3.05, 3.63) is 10.8 Å². The Balaban J connectivity index is 2.50. The van der Waals surface area contributed by atoms with Gasteiger partial charge in [-0.3, -0.25) is 4.68 Å². The molecule has 0 fully saturated rings. The number of aliphatic hydroxyl groups excluding tert-OH is 1. The number of hydrogen-bond donors (Lipinski definition) is 2. The zero-order valence-electron chi connectivity index (χ0n) is 7.17. The maximum atomic E-state index is 11.9. The van der Waals surface area contributed by atoms with E-state index < -0.39 is 12.8 Å². The number of alkyl halides is 1. The molecule has 2 N–H and O–H groups in total. The Hall–Kier alpha value is -0.620. The zero-order valence-corrected chi connectivity index (χ0v) is 8.75. The molecule has 6 heteroatoms. The van der Waals surface area contributed by atoms with E-state index >= 15 is 0 Å². The summed E-state index contributed by atoms with van der Waals surface area (Å²) in [5.74, 6) is 0. The van der Waals surface area contributed by atoms with E-state index in [4.69, 9.17) is 5.11 Å². The standard InChI is InChI=1S/C7H11BrFN3O/c1-12-7(8)6(4-11-12)10-3-5(13)2-9/h4-5,10,13H,2-3H2,1H3. The lowest BCUT2D eigenvalue weighted by atomic mass is 10.4. The molecular weight excluding hydrogens is 241 g/mol. The first kappa shape index (κ1) is 10.5. The Labute approximate surface area is 83.9 Å². The van der Waals surface area contributed by atoms with E-state index in [0.29, 0.717) is 0 Å². The van der Waals surface area contributed by atoms with Crippen LogP contribution in [0.2, 0.25) is 0 Å². The number of rotatable bonds is 4. The fraction of sp³-hybridized carbons (Fsp3) is 0.571. The van der Waals surface area contributed by atoms with Gasteiger partial charge >= 0.3 is 0 Å². The third-order valence-corrected chi connectivity index (χ3v) is 2.51.